The van der Waals surface area contributed by atoms with E-state index in [1.807, 2.05) is 12.2 Å². The van der Waals surface area contributed by atoms with Gasteiger partial charge in [-0.15, -0.1) is 0 Å². The molecule has 250 valence electrons. The molecule has 1 fully saturated rings. The van der Waals surface area contributed by atoms with Crippen molar-refractivity contribution in [3.05, 3.63) is 187 Å². The minimum Gasteiger partial charge on any atom is -0.313 e. The maximum absolute atomic E-state index is 4.20. The predicted molar refractivity (Wildman–Crippen MR) is 221 cm³/mol. The van der Waals surface area contributed by atoms with Crippen LogP contribution in [-0.2, 0) is 6.42 Å². The van der Waals surface area contributed by atoms with Crippen LogP contribution in [0.4, 0.5) is 0 Å². The SMILES string of the molecule is C=C/C=C\c1c(C)n(-c2ccccc2)c2ccc(-c3ccc4c5ccccc5n(C(/C=C\C(=C)C)=C/Cc5ccccc5C5CCC5)c4c3)cc12. The van der Waals surface area contributed by atoms with Gasteiger partial charge in [0.2, 0.25) is 0 Å². The van der Waals surface area contributed by atoms with E-state index in [0.29, 0.717) is 5.92 Å². The maximum atomic E-state index is 4.20. The van der Waals surface area contributed by atoms with Crippen LogP contribution in [0.15, 0.2) is 164 Å². The zero-order valence-corrected chi connectivity index (χ0v) is 29.6. The number of benzene rings is 5. The van der Waals surface area contributed by atoms with Crippen LogP contribution in [-0.4, -0.2) is 9.13 Å². The number of fused-ring (bicyclic) bond motifs is 4. The lowest BCUT2D eigenvalue weighted by atomic mass is 9.78. The Morgan fingerprint density at radius 3 is 2.25 bits per heavy atom. The summed E-state index contributed by atoms with van der Waals surface area (Å²) in [5, 5.41) is 3.73. The minimum atomic E-state index is 0.693. The van der Waals surface area contributed by atoms with Crippen molar-refractivity contribution in [1.82, 2.24) is 9.13 Å². The van der Waals surface area contributed by atoms with E-state index in [0.717, 1.165) is 23.4 Å². The lowest BCUT2D eigenvalue weighted by Crippen LogP contribution is -2.11. The van der Waals surface area contributed by atoms with Gasteiger partial charge in [0.25, 0.3) is 0 Å². The summed E-state index contributed by atoms with van der Waals surface area (Å²) in [4.78, 5) is 0. The molecule has 1 aliphatic carbocycles. The predicted octanol–water partition coefficient (Wildman–Crippen LogP) is 13.4. The topological polar surface area (TPSA) is 9.86 Å². The van der Waals surface area contributed by atoms with Gasteiger partial charge in [-0.1, -0.05) is 134 Å². The van der Waals surface area contributed by atoms with Crippen LogP contribution in [0.1, 0.15) is 54.5 Å². The lowest BCUT2D eigenvalue weighted by Gasteiger charge is -2.27. The number of hydrogen-bond acceptors (Lipinski definition) is 0. The first-order valence-electron chi connectivity index (χ1n) is 18.2. The zero-order chi connectivity index (χ0) is 34.9. The fourth-order valence-corrected chi connectivity index (χ4v) is 7.85. The molecule has 0 amide bonds. The summed E-state index contributed by atoms with van der Waals surface area (Å²) < 4.78 is 4.81. The van der Waals surface area contributed by atoms with E-state index in [1.165, 1.54) is 85.5 Å². The van der Waals surface area contributed by atoms with E-state index in [-0.39, 0.29) is 0 Å². The highest BCUT2D eigenvalue weighted by Crippen LogP contribution is 2.40. The number of para-hydroxylation sites is 2. The molecule has 8 rings (SSSR count). The molecule has 2 nitrogen and oxygen atoms in total. The minimum absolute atomic E-state index is 0.693. The lowest BCUT2D eigenvalue weighted by molar-refractivity contribution is 0.418. The third-order valence-corrected chi connectivity index (χ3v) is 10.6. The van der Waals surface area contributed by atoms with Crippen molar-refractivity contribution in [2.45, 2.75) is 45.4 Å². The molecule has 51 heavy (non-hydrogen) atoms. The molecule has 1 saturated carbocycles. The van der Waals surface area contributed by atoms with Gasteiger partial charge in [-0.05, 0) is 104 Å². The molecule has 0 aliphatic heterocycles. The summed E-state index contributed by atoms with van der Waals surface area (Å²) in [6, 6.07) is 42.3. The van der Waals surface area contributed by atoms with E-state index in [2.05, 4.69) is 176 Å². The van der Waals surface area contributed by atoms with Crippen molar-refractivity contribution < 1.29 is 0 Å². The molecule has 7 aromatic rings. The molecule has 2 aromatic heterocycles. The molecule has 0 saturated heterocycles. The maximum Gasteiger partial charge on any atom is 0.0547 e. The molecule has 1 aliphatic rings. The summed E-state index contributed by atoms with van der Waals surface area (Å²) in [5.74, 6) is 0.693. The van der Waals surface area contributed by atoms with Crippen molar-refractivity contribution in [1.29, 1.82) is 0 Å². The summed E-state index contributed by atoms with van der Waals surface area (Å²) in [5.41, 5.74) is 14.7. The Morgan fingerprint density at radius 1 is 0.745 bits per heavy atom. The first-order valence-corrected chi connectivity index (χ1v) is 18.2. The van der Waals surface area contributed by atoms with Crippen LogP contribution in [0.25, 0.3) is 61.3 Å². The Bertz CT molecular complexity index is 2520. The summed E-state index contributed by atoms with van der Waals surface area (Å²) in [6.07, 6.45) is 17.7. The van der Waals surface area contributed by atoms with Crippen LogP contribution >= 0.6 is 0 Å². The second kappa shape index (κ2) is 13.8. The Balaban J connectivity index is 1.30. The van der Waals surface area contributed by atoms with Gasteiger partial charge in [-0.25, -0.2) is 0 Å². The quantitative estimate of drug-likeness (QED) is 0.129. The van der Waals surface area contributed by atoms with Crippen molar-refractivity contribution >= 4 is 44.5 Å². The second-order valence-corrected chi connectivity index (χ2v) is 13.9. The molecule has 0 N–H and O–H groups in total. The fourth-order valence-electron chi connectivity index (χ4n) is 7.85. The normalized spacial score (nSPS) is 14.0. The molecule has 0 atom stereocenters. The van der Waals surface area contributed by atoms with Gasteiger partial charge in [-0.3, -0.25) is 0 Å². The van der Waals surface area contributed by atoms with Crippen molar-refractivity contribution in [2.75, 3.05) is 0 Å². The van der Waals surface area contributed by atoms with E-state index in [1.54, 1.807) is 0 Å². The van der Waals surface area contributed by atoms with Crippen LogP contribution in [0.3, 0.4) is 0 Å². The molecule has 0 unspecified atom stereocenters. The average molecular weight is 661 g/mol. The number of allylic oxidation sites excluding steroid dienone is 7. The number of nitrogens with zero attached hydrogens (tertiary/aromatic N) is 2. The van der Waals surface area contributed by atoms with E-state index < -0.39 is 0 Å². The average Bonchev–Trinajstić information content (AvgIpc) is 3.61. The number of aromatic nitrogens is 2. The number of hydrogen-bond donors (Lipinski definition) is 0. The van der Waals surface area contributed by atoms with E-state index in [9.17, 15) is 0 Å². The summed E-state index contributed by atoms with van der Waals surface area (Å²) in [7, 11) is 0. The highest BCUT2D eigenvalue weighted by atomic mass is 15.0. The van der Waals surface area contributed by atoms with Gasteiger partial charge in [0, 0.05) is 38.8 Å². The highest BCUT2D eigenvalue weighted by Gasteiger charge is 2.22. The van der Waals surface area contributed by atoms with Crippen LogP contribution < -0.4 is 0 Å². The number of rotatable bonds is 10. The Labute approximate surface area is 301 Å². The van der Waals surface area contributed by atoms with Crippen LogP contribution in [0.5, 0.6) is 0 Å². The molecule has 2 heterocycles. The van der Waals surface area contributed by atoms with Gasteiger partial charge in [0.15, 0.2) is 0 Å². The molecule has 2 heteroatoms. The second-order valence-electron chi connectivity index (χ2n) is 13.9. The van der Waals surface area contributed by atoms with Gasteiger partial charge < -0.3 is 9.13 Å². The standard InChI is InChI=1S/C49H44N2/c1-5-6-20-42-35(4)50(40-18-8-7-9-19-40)48-31-27-38(32-46(42)48)39-26-30-45-44-22-12-13-23-47(44)51(49(45)33-39)41(28-24-34(2)3)29-25-37-15-10-11-21-43(37)36-16-14-17-36/h5-13,15,18-24,26-33,36H,1-2,14,16-17,25H2,3-4H3/b20-6-,28-24-,41-29+. The smallest absolute Gasteiger partial charge is 0.0547 e. The van der Waals surface area contributed by atoms with E-state index in [4.69, 9.17) is 0 Å². The van der Waals surface area contributed by atoms with E-state index >= 15 is 0 Å². The summed E-state index contributed by atoms with van der Waals surface area (Å²) in [6.45, 7) is 12.4. The van der Waals surface area contributed by atoms with Crippen LogP contribution in [0, 0.1) is 6.92 Å². The first kappa shape index (κ1) is 32.4. The molecule has 5 aromatic carbocycles. The Morgan fingerprint density at radius 2 is 1.47 bits per heavy atom. The molecule has 0 spiro atoms. The van der Waals surface area contributed by atoms with Crippen molar-refractivity contribution in [3.8, 4) is 16.8 Å². The van der Waals surface area contributed by atoms with Gasteiger partial charge in [-0.2, -0.15) is 0 Å². The molecule has 0 radical (unpaired) electrons. The largest absolute Gasteiger partial charge is 0.313 e. The third kappa shape index (κ3) is 6.02. The Hall–Kier alpha value is -5.86. The van der Waals surface area contributed by atoms with Crippen molar-refractivity contribution in [3.63, 3.8) is 0 Å². The first-order chi connectivity index (χ1) is 25.0. The summed E-state index contributed by atoms with van der Waals surface area (Å²) >= 11 is 0. The Kier molecular flexibility index (Phi) is 8.76. The highest BCUT2D eigenvalue weighted by molar-refractivity contribution is 6.11. The molecular formula is C49H44N2. The van der Waals surface area contributed by atoms with Crippen molar-refractivity contribution in [2.24, 2.45) is 0 Å². The van der Waals surface area contributed by atoms with Gasteiger partial charge >= 0.3 is 0 Å². The monoisotopic (exact) mass is 660 g/mol. The zero-order valence-electron chi connectivity index (χ0n) is 29.6. The van der Waals surface area contributed by atoms with Crippen LogP contribution in [0.2, 0.25) is 0 Å². The third-order valence-electron chi connectivity index (χ3n) is 10.6. The fraction of sp³-hybridized carbons (Fsp3) is 0.143. The van der Waals surface area contributed by atoms with Gasteiger partial charge in [0.05, 0.1) is 16.6 Å². The van der Waals surface area contributed by atoms with Gasteiger partial charge in [0.1, 0.15) is 0 Å². The molecular weight excluding hydrogens is 617 g/mol. The molecule has 0 bridgehead atoms.